The minimum Gasteiger partial charge on any atom is -0.318 e. The number of aromatic nitrogens is 1. The number of nitro groups is 1. The molecule has 0 saturated heterocycles. The molecule has 0 fully saturated rings. The van der Waals surface area contributed by atoms with Gasteiger partial charge in [-0.05, 0) is 61.9 Å². The van der Waals surface area contributed by atoms with Crippen LogP contribution in [0.4, 0.5) is 5.69 Å². The van der Waals surface area contributed by atoms with E-state index in [4.69, 9.17) is 0 Å². The van der Waals surface area contributed by atoms with Crippen molar-refractivity contribution in [1.29, 1.82) is 0 Å². The number of hydrogen-bond acceptors (Lipinski definition) is 4. The van der Waals surface area contributed by atoms with Gasteiger partial charge in [-0.25, -0.2) is 5.43 Å². The van der Waals surface area contributed by atoms with Crippen molar-refractivity contribution >= 4 is 17.8 Å². The van der Waals surface area contributed by atoms with E-state index in [0.717, 1.165) is 17.1 Å². The van der Waals surface area contributed by atoms with Gasteiger partial charge in [0.15, 0.2) is 0 Å². The van der Waals surface area contributed by atoms with Gasteiger partial charge in [-0.2, -0.15) is 5.10 Å². The highest BCUT2D eigenvalue weighted by atomic mass is 16.6. The first kappa shape index (κ1) is 18.1. The van der Waals surface area contributed by atoms with Crippen molar-refractivity contribution in [3.63, 3.8) is 0 Å². The predicted molar refractivity (Wildman–Crippen MR) is 103 cm³/mol. The molecule has 0 aliphatic carbocycles. The molecule has 1 N–H and O–H groups in total. The largest absolute Gasteiger partial charge is 0.318 e. The molecule has 1 aromatic heterocycles. The minimum atomic E-state index is -0.468. The number of carbonyl (C=O) groups is 1. The van der Waals surface area contributed by atoms with Crippen LogP contribution < -0.4 is 5.43 Å². The lowest BCUT2D eigenvalue weighted by atomic mass is 10.2. The van der Waals surface area contributed by atoms with E-state index in [1.54, 1.807) is 24.3 Å². The van der Waals surface area contributed by atoms with Gasteiger partial charge in [0.05, 0.1) is 11.1 Å². The number of hydrazone groups is 1. The summed E-state index contributed by atoms with van der Waals surface area (Å²) in [5, 5.41) is 14.6. The van der Waals surface area contributed by atoms with Gasteiger partial charge in [0.2, 0.25) is 0 Å². The van der Waals surface area contributed by atoms with Crippen LogP contribution in [0.5, 0.6) is 0 Å². The van der Waals surface area contributed by atoms with Gasteiger partial charge in [0, 0.05) is 34.8 Å². The normalized spacial score (nSPS) is 10.9. The highest BCUT2D eigenvalue weighted by Crippen LogP contribution is 2.17. The van der Waals surface area contributed by atoms with Crippen LogP contribution in [0.1, 0.15) is 27.3 Å². The zero-order chi connectivity index (χ0) is 19.4. The number of amides is 1. The second-order valence-corrected chi connectivity index (χ2v) is 6.05. The number of aryl methyl sites for hydroxylation is 2. The number of benzene rings is 2. The van der Waals surface area contributed by atoms with E-state index >= 15 is 0 Å². The molecule has 0 bridgehead atoms. The van der Waals surface area contributed by atoms with Gasteiger partial charge in [-0.15, -0.1) is 0 Å². The predicted octanol–water partition coefficient (Wildman–Crippen LogP) is 3.77. The standard InChI is InChI=1S/C20H18N4O3/c1-14-6-7-15(2)23(14)19-5-3-4-17(12-19)20(25)22-21-13-16-8-10-18(11-9-16)24(26)27/h3-13H,1-2H3,(H,22,25). The van der Waals surface area contributed by atoms with Gasteiger partial charge in [0.1, 0.15) is 0 Å². The van der Waals surface area contributed by atoms with Crippen molar-refractivity contribution in [2.24, 2.45) is 5.10 Å². The summed E-state index contributed by atoms with van der Waals surface area (Å²) >= 11 is 0. The van der Waals surface area contributed by atoms with Gasteiger partial charge < -0.3 is 4.57 Å². The van der Waals surface area contributed by atoms with E-state index in [2.05, 4.69) is 15.1 Å². The molecule has 0 aliphatic rings. The van der Waals surface area contributed by atoms with Crippen molar-refractivity contribution in [2.45, 2.75) is 13.8 Å². The zero-order valence-corrected chi connectivity index (χ0v) is 14.9. The number of nitro benzene ring substituents is 1. The Balaban J connectivity index is 1.71. The maximum atomic E-state index is 12.3. The van der Waals surface area contributed by atoms with E-state index < -0.39 is 4.92 Å². The van der Waals surface area contributed by atoms with Gasteiger partial charge in [0.25, 0.3) is 11.6 Å². The molecule has 0 unspecified atom stereocenters. The van der Waals surface area contributed by atoms with Crippen LogP contribution in [0.2, 0.25) is 0 Å². The molecule has 0 aliphatic heterocycles. The molecule has 0 saturated carbocycles. The van der Waals surface area contributed by atoms with Crippen LogP contribution in [-0.4, -0.2) is 21.6 Å². The van der Waals surface area contributed by atoms with Crippen molar-refractivity contribution in [3.8, 4) is 5.69 Å². The number of nitrogens with zero attached hydrogens (tertiary/aromatic N) is 3. The molecule has 1 heterocycles. The monoisotopic (exact) mass is 362 g/mol. The number of hydrogen-bond donors (Lipinski definition) is 1. The molecule has 3 aromatic rings. The van der Waals surface area contributed by atoms with Crippen molar-refractivity contribution in [2.75, 3.05) is 0 Å². The summed E-state index contributed by atoms with van der Waals surface area (Å²) in [6.45, 7) is 4.02. The van der Waals surface area contributed by atoms with E-state index in [1.165, 1.54) is 18.3 Å². The van der Waals surface area contributed by atoms with Crippen LogP contribution in [0.3, 0.4) is 0 Å². The van der Waals surface area contributed by atoms with E-state index in [0.29, 0.717) is 11.1 Å². The lowest BCUT2D eigenvalue weighted by molar-refractivity contribution is -0.384. The Morgan fingerprint density at radius 1 is 1.07 bits per heavy atom. The fourth-order valence-electron chi connectivity index (χ4n) is 2.77. The SMILES string of the molecule is Cc1ccc(C)n1-c1cccc(C(=O)NN=Cc2ccc([N+](=O)[O-])cc2)c1. The molecule has 7 nitrogen and oxygen atoms in total. The molecule has 3 rings (SSSR count). The van der Waals surface area contributed by atoms with E-state index in [-0.39, 0.29) is 11.6 Å². The first-order valence-corrected chi connectivity index (χ1v) is 8.29. The summed E-state index contributed by atoms with van der Waals surface area (Å²) in [6, 6.07) is 17.2. The first-order chi connectivity index (χ1) is 13.0. The Labute approximate surface area is 156 Å². The molecular formula is C20H18N4O3. The summed E-state index contributed by atoms with van der Waals surface area (Å²) in [6.07, 6.45) is 1.44. The summed E-state index contributed by atoms with van der Waals surface area (Å²) in [7, 11) is 0. The van der Waals surface area contributed by atoms with E-state index in [1.807, 2.05) is 38.1 Å². The fourth-order valence-corrected chi connectivity index (χ4v) is 2.77. The highest BCUT2D eigenvalue weighted by Gasteiger charge is 2.09. The second kappa shape index (κ2) is 7.65. The van der Waals surface area contributed by atoms with Crippen LogP contribution in [0.25, 0.3) is 5.69 Å². The lowest BCUT2D eigenvalue weighted by Crippen LogP contribution is -2.18. The summed E-state index contributed by atoms with van der Waals surface area (Å²) in [5.74, 6) is -0.336. The van der Waals surface area contributed by atoms with Crippen LogP contribution in [-0.2, 0) is 0 Å². The van der Waals surface area contributed by atoms with Gasteiger partial charge in [-0.3, -0.25) is 14.9 Å². The minimum absolute atomic E-state index is 0.00333. The van der Waals surface area contributed by atoms with Crippen molar-refractivity contribution < 1.29 is 9.72 Å². The maximum absolute atomic E-state index is 12.3. The molecule has 0 radical (unpaired) electrons. The molecule has 2 aromatic carbocycles. The van der Waals surface area contributed by atoms with Gasteiger partial charge >= 0.3 is 0 Å². The van der Waals surface area contributed by atoms with Crippen LogP contribution in [0, 0.1) is 24.0 Å². The average Bonchev–Trinajstić information content (AvgIpc) is 3.00. The number of carbonyl (C=O) groups excluding carboxylic acids is 1. The number of nitrogens with one attached hydrogen (secondary N) is 1. The zero-order valence-electron chi connectivity index (χ0n) is 14.9. The molecular weight excluding hydrogens is 344 g/mol. The summed E-state index contributed by atoms with van der Waals surface area (Å²) in [4.78, 5) is 22.5. The third kappa shape index (κ3) is 4.09. The molecule has 0 atom stereocenters. The molecule has 1 amide bonds. The quantitative estimate of drug-likeness (QED) is 0.426. The molecule has 136 valence electrons. The fraction of sp³-hybridized carbons (Fsp3) is 0.100. The van der Waals surface area contributed by atoms with E-state index in [9.17, 15) is 14.9 Å². The summed E-state index contributed by atoms with van der Waals surface area (Å²) < 4.78 is 2.07. The molecule has 7 heteroatoms. The Hall–Kier alpha value is -3.74. The summed E-state index contributed by atoms with van der Waals surface area (Å²) in [5.41, 5.74) is 6.68. The second-order valence-electron chi connectivity index (χ2n) is 6.05. The van der Waals surface area contributed by atoms with Crippen molar-refractivity contribution in [1.82, 2.24) is 9.99 Å². The smallest absolute Gasteiger partial charge is 0.271 e. The van der Waals surface area contributed by atoms with Crippen LogP contribution >= 0.6 is 0 Å². The van der Waals surface area contributed by atoms with Crippen LogP contribution in [0.15, 0.2) is 65.8 Å². The average molecular weight is 362 g/mol. The molecule has 0 spiro atoms. The highest BCUT2D eigenvalue weighted by molar-refractivity contribution is 5.95. The molecule has 27 heavy (non-hydrogen) atoms. The topological polar surface area (TPSA) is 89.5 Å². The van der Waals surface area contributed by atoms with Crippen molar-refractivity contribution in [3.05, 3.63) is 93.3 Å². The Kier molecular flexibility index (Phi) is 5.12. The Morgan fingerprint density at radius 3 is 2.37 bits per heavy atom. The lowest BCUT2D eigenvalue weighted by Gasteiger charge is -2.10. The Bertz CT molecular complexity index is 1000. The number of rotatable bonds is 5. The first-order valence-electron chi connectivity index (χ1n) is 8.29. The third-order valence-corrected chi connectivity index (χ3v) is 4.12. The number of non-ortho nitro benzene ring substituents is 1. The maximum Gasteiger partial charge on any atom is 0.271 e. The third-order valence-electron chi connectivity index (χ3n) is 4.12. The van der Waals surface area contributed by atoms with Gasteiger partial charge in [-0.1, -0.05) is 6.07 Å². The Morgan fingerprint density at radius 2 is 1.74 bits per heavy atom.